The molecule has 0 fully saturated rings. The number of hydrogen-bond donors (Lipinski definition) is 2. The summed E-state index contributed by atoms with van der Waals surface area (Å²) in [5, 5.41) is 8.39. The number of rotatable bonds is 12. The number of aliphatic hydroxyl groups is 1. The first-order valence-corrected chi connectivity index (χ1v) is 6.38. The number of aliphatic hydroxyl groups excluding tert-OH is 1. The van der Waals surface area contributed by atoms with E-state index in [1.165, 1.54) is 0 Å². The van der Waals surface area contributed by atoms with Gasteiger partial charge in [0.25, 0.3) is 0 Å². The lowest BCUT2D eigenvalue weighted by Crippen LogP contribution is -2.14. The Labute approximate surface area is 100 Å². The van der Waals surface area contributed by atoms with Crippen LogP contribution in [0.25, 0.3) is 0 Å². The molecule has 9 heteroatoms. The molecule has 0 rings (SSSR count). The zero-order valence-corrected chi connectivity index (χ0v) is 10.2. The summed E-state index contributed by atoms with van der Waals surface area (Å²) in [4.78, 5) is 0. The fourth-order valence-electron chi connectivity index (χ4n) is 0.805. The van der Waals surface area contributed by atoms with E-state index in [9.17, 15) is 8.42 Å². The molecule has 0 unspecified atom stereocenters. The molecule has 0 heterocycles. The van der Waals surface area contributed by atoms with Crippen molar-refractivity contribution < 1.29 is 36.5 Å². The van der Waals surface area contributed by atoms with Gasteiger partial charge in [0, 0.05) is 0 Å². The summed E-state index contributed by atoms with van der Waals surface area (Å²) in [6.07, 6.45) is 0. The van der Waals surface area contributed by atoms with Crippen LogP contribution in [-0.4, -0.2) is 70.9 Å². The fraction of sp³-hybridized carbons (Fsp3) is 1.00. The first kappa shape index (κ1) is 16.7. The Morgan fingerprint density at radius 3 is 1.59 bits per heavy atom. The normalized spacial score (nSPS) is 11.9. The second-order valence-corrected chi connectivity index (χ2v) is 3.90. The second-order valence-electron chi connectivity index (χ2n) is 2.81. The van der Waals surface area contributed by atoms with Crippen LogP contribution in [0, 0.1) is 0 Å². The minimum absolute atomic E-state index is 0.0170. The zero-order chi connectivity index (χ0) is 13.0. The summed E-state index contributed by atoms with van der Waals surface area (Å²) in [6.45, 7) is 1.49. The molecule has 0 bridgehead atoms. The van der Waals surface area contributed by atoms with Crippen LogP contribution in [-0.2, 0) is 28.8 Å². The molecule has 0 amide bonds. The smallest absolute Gasteiger partial charge is 0.394 e. The molecule has 0 aliphatic heterocycles. The van der Waals surface area contributed by atoms with Crippen molar-refractivity contribution in [1.82, 2.24) is 0 Å². The highest BCUT2D eigenvalue weighted by molar-refractivity contribution is 7.80. The van der Waals surface area contributed by atoms with Crippen molar-refractivity contribution in [2.45, 2.75) is 0 Å². The Hall–Kier alpha value is -0.290. The van der Waals surface area contributed by atoms with Crippen molar-refractivity contribution >= 4 is 10.4 Å². The van der Waals surface area contributed by atoms with Crippen molar-refractivity contribution in [3.63, 3.8) is 0 Å². The topological polar surface area (TPSA) is 112 Å². The van der Waals surface area contributed by atoms with Gasteiger partial charge in [-0.1, -0.05) is 0 Å². The van der Waals surface area contributed by atoms with E-state index < -0.39 is 10.4 Å². The quantitative estimate of drug-likeness (QED) is 0.339. The van der Waals surface area contributed by atoms with E-state index in [1.807, 2.05) is 0 Å². The van der Waals surface area contributed by atoms with Crippen LogP contribution in [0.3, 0.4) is 0 Å². The highest BCUT2D eigenvalue weighted by Gasteiger charge is 2.02. The Bertz CT molecular complexity index is 252. The van der Waals surface area contributed by atoms with Crippen LogP contribution in [0.15, 0.2) is 0 Å². The van der Waals surface area contributed by atoms with Crippen molar-refractivity contribution in [2.75, 3.05) is 52.9 Å². The van der Waals surface area contributed by atoms with Gasteiger partial charge in [-0.2, -0.15) is 8.42 Å². The van der Waals surface area contributed by atoms with Gasteiger partial charge in [-0.25, -0.2) is 4.18 Å². The first-order valence-electron chi connectivity index (χ1n) is 5.02. The molecule has 0 saturated heterocycles. The zero-order valence-electron chi connectivity index (χ0n) is 9.41. The van der Waals surface area contributed by atoms with Crippen LogP contribution in [0.1, 0.15) is 0 Å². The number of hydrogen-bond acceptors (Lipinski definition) is 7. The number of ether oxygens (including phenoxy) is 3. The van der Waals surface area contributed by atoms with Crippen LogP contribution in [0.4, 0.5) is 0 Å². The predicted molar refractivity (Wildman–Crippen MR) is 57.0 cm³/mol. The van der Waals surface area contributed by atoms with E-state index in [0.717, 1.165) is 0 Å². The Balaban J connectivity index is 3.04. The van der Waals surface area contributed by atoms with E-state index in [2.05, 4.69) is 4.18 Å². The third-order valence-electron chi connectivity index (χ3n) is 1.44. The summed E-state index contributed by atoms with van der Waals surface area (Å²) in [5.74, 6) is 0. The molecule has 0 aromatic heterocycles. The lowest BCUT2D eigenvalue weighted by atomic mass is 10.7. The minimum Gasteiger partial charge on any atom is -0.394 e. The van der Waals surface area contributed by atoms with Gasteiger partial charge in [-0.15, -0.1) is 0 Å². The third kappa shape index (κ3) is 15.7. The summed E-state index contributed by atoms with van der Waals surface area (Å²) in [7, 11) is -4.38. The van der Waals surface area contributed by atoms with Crippen LogP contribution in [0.5, 0.6) is 0 Å². The van der Waals surface area contributed by atoms with Crippen LogP contribution >= 0.6 is 0 Å². The standard InChI is InChI=1S/C8H18O8S/c9-1-2-13-3-4-14-5-6-15-7-8-16-17(10,11)12/h9H,1-8H2,(H,10,11,12). The van der Waals surface area contributed by atoms with Gasteiger partial charge < -0.3 is 19.3 Å². The summed E-state index contributed by atoms with van der Waals surface area (Å²) in [5.41, 5.74) is 0. The molecule has 0 aromatic carbocycles. The first-order chi connectivity index (χ1) is 8.06. The maximum absolute atomic E-state index is 10.1. The van der Waals surface area contributed by atoms with Gasteiger partial charge in [-0.05, 0) is 0 Å². The average Bonchev–Trinajstić information content (AvgIpc) is 2.24. The third-order valence-corrected chi connectivity index (χ3v) is 1.90. The van der Waals surface area contributed by atoms with Crippen molar-refractivity contribution in [2.24, 2.45) is 0 Å². The molecular formula is C8H18O8S. The van der Waals surface area contributed by atoms with E-state index in [0.29, 0.717) is 19.8 Å². The highest BCUT2D eigenvalue weighted by atomic mass is 32.3. The molecule has 2 N–H and O–H groups in total. The fourth-order valence-corrected chi connectivity index (χ4v) is 1.08. The molecule has 104 valence electrons. The summed E-state index contributed by atoms with van der Waals surface area (Å²) in [6, 6.07) is 0. The lowest BCUT2D eigenvalue weighted by Gasteiger charge is -2.05. The van der Waals surface area contributed by atoms with Gasteiger partial charge >= 0.3 is 10.4 Å². The molecule has 0 aliphatic rings. The Kier molecular flexibility index (Phi) is 10.7. The lowest BCUT2D eigenvalue weighted by molar-refractivity contribution is 0.00343. The monoisotopic (exact) mass is 274 g/mol. The van der Waals surface area contributed by atoms with Crippen molar-refractivity contribution in [3.8, 4) is 0 Å². The van der Waals surface area contributed by atoms with Gasteiger partial charge in [0.15, 0.2) is 0 Å². The van der Waals surface area contributed by atoms with E-state index in [1.54, 1.807) is 0 Å². The van der Waals surface area contributed by atoms with Crippen molar-refractivity contribution in [3.05, 3.63) is 0 Å². The average molecular weight is 274 g/mol. The van der Waals surface area contributed by atoms with E-state index in [-0.39, 0.29) is 33.0 Å². The molecular weight excluding hydrogens is 256 g/mol. The predicted octanol–water partition coefficient (Wildman–Crippen LogP) is -1.15. The Morgan fingerprint density at radius 1 is 0.765 bits per heavy atom. The second kappa shape index (κ2) is 10.8. The van der Waals surface area contributed by atoms with Gasteiger partial charge in [0.05, 0.1) is 52.9 Å². The van der Waals surface area contributed by atoms with Crippen molar-refractivity contribution in [1.29, 1.82) is 0 Å². The molecule has 17 heavy (non-hydrogen) atoms. The molecule has 8 nitrogen and oxygen atoms in total. The minimum atomic E-state index is -4.38. The summed E-state index contributed by atoms with van der Waals surface area (Å²) >= 11 is 0. The molecule has 0 aromatic rings. The van der Waals surface area contributed by atoms with Gasteiger partial charge in [0.1, 0.15) is 0 Å². The summed E-state index contributed by atoms with van der Waals surface area (Å²) < 4.78 is 47.4. The highest BCUT2D eigenvalue weighted by Crippen LogP contribution is 1.86. The maximum atomic E-state index is 10.1. The Morgan fingerprint density at radius 2 is 1.18 bits per heavy atom. The molecule has 0 spiro atoms. The van der Waals surface area contributed by atoms with Crippen LogP contribution in [0.2, 0.25) is 0 Å². The SMILES string of the molecule is O=S(=O)(O)OCCOCCOCCOCCO. The van der Waals surface area contributed by atoms with E-state index >= 15 is 0 Å². The molecule has 0 radical (unpaired) electrons. The molecule has 0 aliphatic carbocycles. The van der Waals surface area contributed by atoms with E-state index in [4.69, 9.17) is 23.9 Å². The van der Waals surface area contributed by atoms with Crippen LogP contribution < -0.4 is 0 Å². The molecule has 0 saturated carbocycles. The largest absolute Gasteiger partial charge is 0.397 e. The maximum Gasteiger partial charge on any atom is 0.397 e. The van der Waals surface area contributed by atoms with Gasteiger partial charge in [0.2, 0.25) is 0 Å². The van der Waals surface area contributed by atoms with Gasteiger partial charge in [-0.3, -0.25) is 4.55 Å². The molecule has 0 atom stereocenters.